The number of phenolic OH excluding ortho intramolecular Hbond substituents is 1. The van der Waals surface area contributed by atoms with Crippen LogP contribution in [0.2, 0.25) is 0 Å². The molecule has 1 aromatic carbocycles. The Morgan fingerprint density at radius 3 is 2.81 bits per heavy atom. The molecule has 16 heavy (non-hydrogen) atoms. The smallest absolute Gasteiger partial charge is 0.119 e. The van der Waals surface area contributed by atoms with Crippen molar-refractivity contribution in [3.63, 3.8) is 0 Å². The average Bonchev–Trinajstić information content (AvgIpc) is 2.53. The van der Waals surface area contributed by atoms with E-state index in [1.807, 2.05) is 13.1 Å². The monoisotopic (exact) mass is 219 g/mol. The predicted octanol–water partition coefficient (Wildman–Crippen LogP) is 2.42. The van der Waals surface area contributed by atoms with E-state index in [0.717, 1.165) is 19.4 Å². The lowest BCUT2D eigenvalue weighted by Crippen LogP contribution is -2.12. The molecule has 2 nitrogen and oxygen atoms in total. The molecule has 0 unspecified atom stereocenters. The maximum atomic E-state index is 9.96. The molecule has 0 bridgehead atoms. The number of likely N-dealkylation sites (N-methyl/N-ethyl adjacent to an activating group) is 1. The second kappa shape index (κ2) is 5.35. The van der Waals surface area contributed by atoms with Crippen LogP contribution in [-0.2, 0) is 19.3 Å². The number of phenols is 1. The highest BCUT2D eigenvalue weighted by atomic mass is 16.3. The molecule has 0 heterocycles. The Bertz CT molecular complexity index is 360. The summed E-state index contributed by atoms with van der Waals surface area (Å²) in [6.07, 6.45) is 7.14. The van der Waals surface area contributed by atoms with E-state index in [4.69, 9.17) is 0 Å². The summed E-state index contributed by atoms with van der Waals surface area (Å²) in [7, 11) is 1.96. The normalized spacial score (nSPS) is 15.6. The molecule has 1 aromatic rings. The molecule has 2 rings (SSSR count). The lowest BCUT2D eigenvalue weighted by molar-refractivity contribution is 0.466. The summed E-state index contributed by atoms with van der Waals surface area (Å²) in [6, 6.07) is 3.98. The molecule has 0 radical (unpaired) electrons. The molecule has 1 aliphatic rings. The topological polar surface area (TPSA) is 32.3 Å². The molecule has 0 spiro atoms. The molecule has 1 aliphatic carbocycles. The number of benzene rings is 1. The van der Waals surface area contributed by atoms with Crippen molar-refractivity contribution in [2.24, 2.45) is 0 Å². The molecule has 0 amide bonds. The molecular weight excluding hydrogens is 198 g/mol. The van der Waals surface area contributed by atoms with Crippen LogP contribution in [0.3, 0.4) is 0 Å². The molecule has 0 aliphatic heterocycles. The first kappa shape index (κ1) is 11.5. The van der Waals surface area contributed by atoms with Crippen LogP contribution >= 0.6 is 0 Å². The van der Waals surface area contributed by atoms with Gasteiger partial charge < -0.3 is 10.4 Å². The fourth-order valence-electron chi connectivity index (χ4n) is 2.60. The van der Waals surface area contributed by atoms with Crippen molar-refractivity contribution < 1.29 is 5.11 Å². The van der Waals surface area contributed by atoms with Gasteiger partial charge in [-0.25, -0.2) is 0 Å². The van der Waals surface area contributed by atoms with Crippen molar-refractivity contribution in [1.82, 2.24) is 5.32 Å². The third kappa shape index (κ3) is 2.38. The van der Waals surface area contributed by atoms with Gasteiger partial charge in [-0.3, -0.25) is 0 Å². The Morgan fingerprint density at radius 2 is 2.00 bits per heavy atom. The minimum absolute atomic E-state index is 0.482. The SMILES string of the molecule is CNCCc1c(O)ccc2c1CCCCC2. The second-order valence-corrected chi connectivity index (χ2v) is 4.62. The van der Waals surface area contributed by atoms with E-state index in [0.29, 0.717) is 5.75 Å². The number of aromatic hydroxyl groups is 1. The number of hydrogen-bond acceptors (Lipinski definition) is 2. The van der Waals surface area contributed by atoms with Crippen LogP contribution in [0.1, 0.15) is 36.0 Å². The van der Waals surface area contributed by atoms with Crippen molar-refractivity contribution in [3.05, 3.63) is 28.8 Å². The van der Waals surface area contributed by atoms with Crippen molar-refractivity contribution in [2.45, 2.75) is 38.5 Å². The minimum atomic E-state index is 0.482. The summed E-state index contributed by atoms with van der Waals surface area (Å²) < 4.78 is 0. The van der Waals surface area contributed by atoms with Crippen molar-refractivity contribution in [2.75, 3.05) is 13.6 Å². The van der Waals surface area contributed by atoms with Crippen LogP contribution in [0.15, 0.2) is 12.1 Å². The van der Waals surface area contributed by atoms with Crippen LogP contribution in [0.25, 0.3) is 0 Å². The zero-order valence-electron chi connectivity index (χ0n) is 10.1. The van der Waals surface area contributed by atoms with E-state index < -0.39 is 0 Å². The maximum Gasteiger partial charge on any atom is 0.119 e. The molecule has 88 valence electrons. The first-order chi connectivity index (χ1) is 7.83. The van der Waals surface area contributed by atoms with E-state index in [-0.39, 0.29) is 0 Å². The average molecular weight is 219 g/mol. The van der Waals surface area contributed by atoms with Crippen LogP contribution in [0.5, 0.6) is 5.75 Å². The zero-order chi connectivity index (χ0) is 11.4. The van der Waals surface area contributed by atoms with Crippen molar-refractivity contribution >= 4 is 0 Å². The van der Waals surface area contributed by atoms with Crippen LogP contribution in [0, 0.1) is 0 Å². The number of nitrogens with one attached hydrogen (secondary N) is 1. The standard InChI is InChI=1S/C14H21NO/c1-15-10-9-13-12-6-4-2-3-5-11(12)7-8-14(13)16/h7-8,15-16H,2-6,9-10H2,1H3. The van der Waals surface area contributed by atoms with E-state index in [1.54, 1.807) is 0 Å². The highest BCUT2D eigenvalue weighted by Gasteiger charge is 2.14. The Kier molecular flexibility index (Phi) is 3.83. The van der Waals surface area contributed by atoms with E-state index in [1.165, 1.54) is 42.4 Å². The number of hydrogen-bond donors (Lipinski definition) is 2. The van der Waals surface area contributed by atoms with Gasteiger partial charge >= 0.3 is 0 Å². The fourth-order valence-corrected chi connectivity index (χ4v) is 2.60. The molecule has 0 saturated heterocycles. The van der Waals surface area contributed by atoms with Crippen LogP contribution in [-0.4, -0.2) is 18.7 Å². The number of fused-ring (bicyclic) bond motifs is 1. The molecule has 2 N–H and O–H groups in total. The maximum absolute atomic E-state index is 9.96. The lowest BCUT2D eigenvalue weighted by atomic mass is 9.94. The van der Waals surface area contributed by atoms with Gasteiger partial charge in [0.1, 0.15) is 5.75 Å². The minimum Gasteiger partial charge on any atom is -0.508 e. The Balaban J connectivity index is 2.32. The zero-order valence-corrected chi connectivity index (χ0v) is 10.1. The van der Waals surface area contributed by atoms with Gasteiger partial charge in [0.15, 0.2) is 0 Å². The summed E-state index contributed by atoms with van der Waals surface area (Å²) in [5.74, 6) is 0.482. The quantitative estimate of drug-likeness (QED) is 0.765. The molecule has 0 atom stereocenters. The highest BCUT2D eigenvalue weighted by Crippen LogP contribution is 2.30. The molecule has 0 fully saturated rings. The third-order valence-electron chi connectivity index (χ3n) is 3.50. The van der Waals surface area contributed by atoms with Gasteiger partial charge in [-0.1, -0.05) is 12.5 Å². The van der Waals surface area contributed by atoms with E-state index in [2.05, 4.69) is 11.4 Å². The van der Waals surface area contributed by atoms with E-state index in [9.17, 15) is 5.11 Å². The van der Waals surface area contributed by atoms with Crippen molar-refractivity contribution in [3.8, 4) is 5.75 Å². The van der Waals surface area contributed by atoms with Crippen molar-refractivity contribution in [1.29, 1.82) is 0 Å². The molecule has 2 heteroatoms. The van der Waals surface area contributed by atoms with Gasteiger partial charge in [-0.05, 0) is 68.5 Å². The van der Waals surface area contributed by atoms with Gasteiger partial charge in [0.05, 0.1) is 0 Å². The fraction of sp³-hybridized carbons (Fsp3) is 0.571. The summed E-state index contributed by atoms with van der Waals surface area (Å²) in [5.41, 5.74) is 4.06. The molecule has 0 aromatic heterocycles. The van der Waals surface area contributed by atoms with Gasteiger partial charge in [-0.15, -0.1) is 0 Å². The third-order valence-corrected chi connectivity index (χ3v) is 3.50. The van der Waals surface area contributed by atoms with E-state index >= 15 is 0 Å². The largest absolute Gasteiger partial charge is 0.508 e. The summed E-state index contributed by atoms with van der Waals surface area (Å²) >= 11 is 0. The van der Waals surface area contributed by atoms with Gasteiger partial charge in [0, 0.05) is 0 Å². The predicted molar refractivity (Wildman–Crippen MR) is 67.0 cm³/mol. The number of rotatable bonds is 3. The van der Waals surface area contributed by atoms with Crippen LogP contribution < -0.4 is 5.32 Å². The first-order valence-electron chi connectivity index (χ1n) is 6.30. The Labute approximate surface area is 97.7 Å². The molecular formula is C14H21NO. The summed E-state index contributed by atoms with van der Waals surface area (Å²) in [6.45, 7) is 0.935. The second-order valence-electron chi connectivity index (χ2n) is 4.62. The van der Waals surface area contributed by atoms with Gasteiger partial charge in [0.25, 0.3) is 0 Å². The van der Waals surface area contributed by atoms with Gasteiger partial charge in [-0.2, -0.15) is 0 Å². The Hall–Kier alpha value is -1.02. The molecule has 0 saturated carbocycles. The Morgan fingerprint density at radius 1 is 1.19 bits per heavy atom. The highest BCUT2D eigenvalue weighted by molar-refractivity contribution is 5.45. The van der Waals surface area contributed by atoms with Gasteiger partial charge in [0.2, 0.25) is 0 Å². The summed E-state index contributed by atoms with van der Waals surface area (Å²) in [5, 5.41) is 13.1. The first-order valence-corrected chi connectivity index (χ1v) is 6.30. The van der Waals surface area contributed by atoms with Crippen LogP contribution in [0.4, 0.5) is 0 Å². The number of aryl methyl sites for hydroxylation is 1. The lowest BCUT2D eigenvalue weighted by Gasteiger charge is -2.14. The summed E-state index contributed by atoms with van der Waals surface area (Å²) in [4.78, 5) is 0.